The molecule has 3 aliphatic rings. The monoisotopic (exact) mass is 322 g/mol. The van der Waals surface area contributed by atoms with E-state index in [-0.39, 0.29) is 24.4 Å². The molecule has 4 rings (SSSR count). The van der Waals surface area contributed by atoms with Gasteiger partial charge in [0.15, 0.2) is 6.10 Å². The van der Waals surface area contributed by atoms with Crippen LogP contribution in [0.3, 0.4) is 0 Å². The summed E-state index contributed by atoms with van der Waals surface area (Å²) in [6, 6.07) is 8.42. The molecule has 4 nitrogen and oxygen atoms in total. The summed E-state index contributed by atoms with van der Waals surface area (Å²) in [5.74, 6) is 1.22. The Labute approximate surface area is 137 Å². The van der Waals surface area contributed by atoms with Crippen LogP contribution in [-0.4, -0.2) is 36.5 Å². The number of fused-ring (bicyclic) bond motifs is 2. The van der Waals surface area contributed by atoms with Crippen LogP contribution in [0.15, 0.2) is 24.3 Å². The SMILES string of the molecule is Cl.NC1CCC2CN(C(=O)C3OCCc4ccccc43)CC12. The van der Waals surface area contributed by atoms with Crippen LogP contribution < -0.4 is 5.73 Å². The summed E-state index contributed by atoms with van der Waals surface area (Å²) >= 11 is 0. The van der Waals surface area contributed by atoms with E-state index in [1.165, 1.54) is 5.56 Å². The van der Waals surface area contributed by atoms with E-state index in [1.54, 1.807) is 0 Å². The normalized spacial score (nSPS) is 33.0. The second-order valence-electron chi connectivity index (χ2n) is 6.61. The maximum Gasteiger partial charge on any atom is 0.256 e. The highest BCUT2D eigenvalue weighted by molar-refractivity contribution is 5.85. The summed E-state index contributed by atoms with van der Waals surface area (Å²) in [6.45, 7) is 2.31. The van der Waals surface area contributed by atoms with Crippen LogP contribution in [0.25, 0.3) is 0 Å². The van der Waals surface area contributed by atoms with Crippen molar-refractivity contribution in [1.82, 2.24) is 4.90 Å². The van der Waals surface area contributed by atoms with Crippen LogP contribution in [0.2, 0.25) is 0 Å². The van der Waals surface area contributed by atoms with E-state index in [1.807, 2.05) is 23.1 Å². The van der Waals surface area contributed by atoms with Gasteiger partial charge in [0.2, 0.25) is 0 Å². The number of amides is 1. The number of hydrogen-bond acceptors (Lipinski definition) is 3. The van der Waals surface area contributed by atoms with Crippen LogP contribution in [0.4, 0.5) is 0 Å². The first-order valence-corrected chi connectivity index (χ1v) is 7.98. The van der Waals surface area contributed by atoms with Gasteiger partial charge in [0.05, 0.1) is 6.61 Å². The van der Waals surface area contributed by atoms with Crippen molar-refractivity contribution in [3.05, 3.63) is 35.4 Å². The molecule has 0 bridgehead atoms. The zero-order valence-corrected chi connectivity index (χ0v) is 13.4. The molecule has 2 heterocycles. The van der Waals surface area contributed by atoms with Crippen molar-refractivity contribution < 1.29 is 9.53 Å². The first-order chi connectivity index (χ1) is 10.2. The molecule has 1 amide bonds. The predicted octanol–water partition coefficient (Wildman–Crippen LogP) is 1.92. The van der Waals surface area contributed by atoms with Crippen molar-refractivity contribution in [3.63, 3.8) is 0 Å². The van der Waals surface area contributed by atoms with Crippen LogP contribution in [-0.2, 0) is 16.0 Å². The Morgan fingerprint density at radius 2 is 2.05 bits per heavy atom. The van der Waals surface area contributed by atoms with Crippen LogP contribution in [0, 0.1) is 11.8 Å². The largest absolute Gasteiger partial charge is 0.363 e. The number of hydrogen-bond donors (Lipinski definition) is 1. The van der Waals surface area contributed by atoms with Crippen molar-refractivity contribution in [2.45, 2.75) is 31.4 Å². The molecular weight excluding hydrogens is 300 g/mol. The molecule has 2 fully saturated rings. The molecule has 4 atom stereocenters. The lowest BCUT2D eigenvalue weighted by Crippen LogP contribution is -2.38. The predicted molar refractivity (Wildman–Crippen MR) is 86.9 cm³/mol. The molecular formula is C17H23ClN2O2. The van der Waals surface area contributed by atoms with Gasteiger partial charge >= 0.3 is 0 Å². The number of benzene rings is 1. The number of carbonyl (C=O) groups is 1. The number of rotatable bonds is 1. The topological polar surface area (TPSA) is 55.6 Å². The Bertz CT molecular complexity index is 565. The third-order valence-corrected chi connectivity index (χ3v) is 5.44. The van der Waals surface area contributed by atoms with E-state index in [2.05, 4.69) is 6.07 Å². The summed E-state index contributed by atoms with van der Waals surface area (Å²) < 4.78 is 5.81. The molecule has 120 valence electrons. The molecule has 0 aromatic heterocycles. The van der Waals surface area contributed by atoms with Crippen molar-refractivity contribution in [2.75, 3.05) is 19.7 Å². The highest BCUT2D eigenvalue weighted by Crippen LogP contribution is 2.39. The van der Waals surface area contributed by atoms with Crippen molar-refractivity contribution >= 4 is 18.3 Å². The van der Waals surface area contributed by atoms with Crippen LogP contribution >= 0.6 is 12.4 Å². The number of halogens is 1. The maximum atomic E-state index is 12.9. The minimum atomic E-state index is -0.412. The molecule has 0 radical (unpaired) electrons. The highest BCUT2D eigenvalue weighted by atomic mass is 35.5. The van der Waals surface area contributed by atoms with Gasteiger partial charge in [-0.25, -0.2) is 0 Å². The van der Waals surface area contributed by atoms with Gasteiger partial charge in [0.25, 0.3) is 5.91 Å². The number of nitrogens with zero attached hydrogens (tertiary/aromatic N) is 1. The third-order valence-electron chi connectivity index (χ3n) is 5.44. The maximum absolute atomic E-state index is 12.9. The summed E-state index contributed by atoms with van der Waals surface area (Å²) in [7, 11) is 0. The zero-order valence-electron chi connectivity index (χ0n) is 12.6. The fourth-order valence-corrected chi connectivity index (χ4v) is 4.25. The molecule has 2 aliphatic heterocycles. The van der Waals surface area contributed by atoms with Crippen molar-refractivity contribution in [3.8, 4) is 0 Å². The van der Waals surface area contributed by atoms with E-state index in [0.717, 1.165) is 37.9 Å². The average molecular weight is 323 g/mol. The Hall–Kier alpha value is -1.10. The lowest BCUT2D eigenvalue weighted by Gasteiger charge is -2.29. The molecule has 1 aliphatic carbocycles. The number of likely N-dealkylation sites (tertiary alicyclic amines) is 1. The first kappa shape index (κ1) is 15.8. The Morgan fingerprint density at radius 3 is 2.86 bits per heavy atom. The fourth-order valence-electron chi connectivity index (χ4n) is 4.25. The summed E-state index contributed by atoms with van der Waals surface area (Å²) in [5.41, 5.74) is 8.47. The lowest BCUT2D eigenvalue weighted by atomic mass is 9.97. The quantitative estimate of drug-likeness (QED) is 0.859. The minimum Gasteiger partial charge on any atom is -0.363 e. The average Bonchev–Trinajstić information content (AvgIpc) is 3.08. The Kier molecular flexibility index (Phi) is 4.44. The van der Waals surface area contributed by atoms with Gasteiger partial charge in [0.1, 0.15) is 0 Å². The minimum absolute atomic E-state index is 0. The molecule has 5 heteroatoms. The number of ether oxygens (including phenoxy) is 1. The standard InChI is InChI=1S/C17H22N2O2.ClH/c18-15-6-5-12-9-19(10-14(12)15)17(20)16-13-4-2-1-3-11(13)7-8-21-16;/h1-4,12,14-16H,5-10,18H2;1H. The molecule has 1 aromatic carbocycles. The summed E-state index contributed by atoms with van der Waals surface area (Å²) in [5, 5.41) is 0. The zero-order chi connectivity index (χ0) is 14.4. The lowest BCUT2D eigenvalue weighted by molar-refractivity contribution is -0.144. The number of carbonyl (C=O) groups excluding carboxylic acids is 1. The number of nitrogens with two attached hydrogens (primary N) is 1. The van der Waals surface area contributed by atoms with Gasteiger partial charge in [-0.05, 0) is 42.2 Å². The van der Waals surface area contributed by atoms with E-state index >= 15 is 0 Å². The van der Waals surface area contributed by atoms with Gasteiger partial charge in [0, 0.05) is 19.1 Å². The van der Waals surface area contributed by atoms with Crippen molar-refractivity contribution in [1.29, 1.82) is 0 Å². The Morgan fingerprint density at radius 1 is 1.23 bits per heavy atom. The van der Waals surface area contributed by atoms with Gasteiger partial charge in [-0.1, -0.05) is 24.3 Å². The van der Waals surface area contributed by atoms with Crippen LogP contribution in [0.5, 0.6) is 0 Å². The van der Waals surface area contributed by atoms with Gasteiger partial charge in [-0.2, -0.15) is 0 Å². The van der Waals surface area contributed by atoms with Gasteiger partial charge < -0.3 is 15.4 Å². The molecule has 0 spiro atoms. The second-order valence-corrected chi connectivity index (χ2v) is 6.61. The van der Waals surface area contributed by atoms with E-state index in [0.29, 0.717) is 18.4 Å². The Balaban J connectivity index is 0.00000144. The fraction of sp³-hybridized carbons (Fsp3) is 0.588. The van der Waals surface area contributed by atoms with Crippen LogP contribution in [0.1, 0.15) is 30.1 Å². The summed E-state index contributed by atoms with van der Waals surface area (Å²) in [6.07, 6.45) is 2.76. The summed E-state index contributed by atoms with van der Waals surface area (Å²) in [4.78, 5) is 14.8. The molecule has 1 saturated heterocycles. The molecule has 1 aromatic rings. The second kappa shape index (κ2) is 6.19. The first-order valence-electron chi connectivity index (χ1n) is 7.98. The molecule has 4 unspecified atom stereocenters. The van der Waals surface area contributed by atoms with Gasteiger partial charge in [-0.15, -0.1) is 12.4 Å². The van der Waals surface area contributed by atoms with Crippen molar-refractivity contribution in [2.24, 2.45) is 17.6 Å². The van der Waals surface area contributed by atoms with E-state index in [9.17, 15) is 4.79 Å². The van der Waals surface area contributed by atoms with E-state index < -0.39 is 6.10 Å². The van der Waals surface area contributed by atoms with Gasteiger partial charge in [-0.3, -0.25) is 4.79 Å². The third kappa shape index (κ3) is 2.53. The molecule has 22 heavy (non-hydrogen) atoms. The smallest absolute Gasteiger partial charge is 0.256 e. The van der Waals surface area contributed by atoms with E-state index in [4.69, 9.17) is 10.5 Å². The highest BCUT2D eigenvalue weighted by Gasteiger charge is 2.44. The molecule has 1 saturated carbocycles. The molecule has 2 N–H and O–H groups in total.